The van der Waals surface area contributed by atoms with Gasteiger partial charge in [0.25, 0.3) is 0 Å². The van der Waals surface area contributed by atoms with Gasteiger partial charge in [-0.3, -0.25) is 0 Å². The molecule has 0 atom stereocenters. The molecule has 3 rings (SSSR count). The number of thiazole rings is 1. The van der Waals surface area contributed by atoms with Gasteiger partial charge in [0.05, 0.1) is 21.8 Å². The maximum Gasteiger partial charge on any atom is 0.319 e. The highest BCUT2D eigenvalue weighted by Crippen LogP contribution is 2.32. The Balaban J connectivity index is 1.69. The highest BCUT2D eigenvalue weighted by molar-refractivity contribution is 7.18. The van der Waals surface area contributed by atoms with Gasteiger partial charge < -0.3 is 15.6 Å². The number of imidazole rings is 1. The summed E-state index contributed by atoms with van der Waals surface area (Å²) < 4.78 is 1.07. The molecule has 2 aromatic heterocycles. The van der Waals surface area contributed by atoms with E-state index >= 15 is 0 Å². The first-order chi connectivity index (χ1) is 10.9. The highest BCUT2D eigenvalue weighted by Gasteiger charge is 2.18. The zero-order chi connectivity index (χ0) is 16.4. The van der Waals surface area contributed by atoms with Gasteiger partial charge in [-0.25, -0.2) is 14.8 Å². The summed E-state index contributed by atoms with van der Waals surface area (Å²) >= 11 is 1.66. The number of hydrogen-bond donors (Lipinski definition) is 3. The van der Waals surface area contributed by atoms with E-state index in [1.165, 1.54) is 0 Å². The molecular weight excluding hydrogens is 310 g/mol. The number of hydrogen-bond acceptors (Lipinski definition) is 4. The van der Waals surface area contributed by atoms with Crippen LogP contribution in [0.4, 0.5) is 10.5 Å². The van der Waals surface area contributed by atoms with E-state index in [0.29, 0.717) is 12.4 Å². The van der Waals surface area contributed by atoms with Crippen molar-refractivity contribution in [1.82, 2.24) is 20.3 Å². The minimum absolute atomic E-state index is 0.0255. The smallest absolute Gasteiger partial charge is 0.319 e. The van der Waals surface area contributed by atoms with Gasteiger partial charge in [-0.15, -0.1) is 11.3 Å². The molecule has 6 nitrogen and oxygen atoms in total. The Hall–Kier alpha value is -2.41. The molecule has 0 unspecified atom stereocenters. The standard InChI is InChI=1S/C16H19N5OS/c1-16(2,3)14-21-11-5-4-10(8-12(11)23-14)20-15(22)19-9-13-17-6-7-18-13/h4-8H,9H2,1-3H3,(H,17,18)(H2,19,20,22). The van der Waals surface area contributed by atoms with E-state index in [1.54, 1.807) is 23.7 Å². The van der Waals surface area contributed by atoms with Crippen LogP contribution in [-0.2, 0) is 12.0 Å². The molecule has 3 N–H and O–H groups in total. The van der Waals surface area contributed by atoms with E-state index in [4.69, 9.17) is 0 Å². The summed E-state index contributed by atoms with van der Waals surface area (Å²) in [7, 11) is 0. The number of carbonyl (C=O) groups excluding carboxylic acids is 1. The molecule has 0 radical (unpaired) electrons. The second-order valence-electron chi connectivity index (χ2n) is 6.30. The summed E-state index contributed by atoms with van der Waals surface area (Å²) in [6, 6.07) is 5.49. The lowest BCUT2D eigenvalue weighted by atomic mass is 9.98. The van der Waals surface area contributed by atoms with E-state index in [-0.39, 0.29) is 11.4 Å². The molecule has 0 bridgehead atoms. The second-order valence-corrected chi connectivity index (χ2v) is 7.33. The quantitative estimate of drug-likeness (QED) is 0.686. The van der Waals surface area contributed by atoms with Crippen LogP contribution in [0.3, 0.4) is 0 Å². The lowest BCUT2D eigenvalue weighted by Gasteiger charge is -2.13. The predicted octanol–water partition coefficient (Wildman–Crippen LogP) is 3.64. The molecule has 7 heteroatoms. The summed E-state index contributed by atoms with van der Waals surface area (Å²) in [6.45, 7) is 6.79. The predicted molar refractivity (Wildman–Crippen MR) is 92.8 cm³/mol. The maximum atomic E-state index is 11.9. The first-order valence-corrected chi connectivity index (χ1v) is 8.18. The van der Waals surface area contributed by atoms with Crippen molar-refractivity contribution in [2.45, 2.75) is 32.7 Å². The molecule has 120 valence electrons. The number of anilines is 1. The monoisotopic (exact) mass is 329 g/mol. The lowest BCUT2D eigenvalue weighted by Crippen LogP contribution is -2.28. The molecule has 0 saturated heterocycles. The van der Waals surface area contributed by atoms with E-state index in [2.05, 4.69) is 46.4 Å². The summed E-state index contributed by atoms with van der Waals surface area (Å²) in [5.41, 5.74) is 1.73. The Morgan fingerprint density at radius 3 is 2.87 bits per heavy atom. The number of amides is 2. The SMILES string of the molecule is CC(C)(C)c1nc2ccc(NC(=O)NCc3ncc[nH]3)cc2s1. The summed E-state index contributed by atoms with van der Waals surface area (Å²) in [6.07, 6.45) is 3.37. The minimum atomic E-state index is -0.263. The van der Waals surface area contributed by atoms with Gasteiger partial charge in [0.15, 0.2) is 0 Å². The summed E-state index contributed by atoms with van der Waals surface area (Å²) in [5, 5.41) is 6.68. The van der Waals surface area contributed by atoms with Crippen molar-refractivity contribution < 1.29 is 4.79 Å². The Morgan fingerprint density at radius 2 is 2.17 bits per heavy atom. The number of urea groups is 1. The summed E-state index contributed by atoms with van der Waals surface area (Å²) in [5.74, 6) is 0.716. The van der Waals surface area contributed by atoms with Gasteiger partial charge in [-0.1, -0.05) is 20.8 Å². The number of nitrogens with zero attached hydrogens (tertiary/aromatic N) is 2. The third-order valence-corrected chi connectivity index (χ3v) is 4.70. The Labute approximate surface area is 138 Å². The first-order valence-electron chi connectivity index (χ1n) is 7.36. The molecule has 1 aromatic carbocycles. The number of carbonyl (C=O) groups is 1. The molecule has 2 heterocycles. The fraction of sp³-hybridized carbons (Fsp3) is 0.312. The van der Waals surface area contributed by atoms with Crippen LogP contribution >= 0.6 is 11.3 Å². The van der Waals surface area contributed by atoms with Crippen molar-refractivity contribution in [3.8, 4) is 0 Å². The van der Waals surface area contributed by atoms with Crippen LogP contribution in [0, 0.1) is 0 Å². The van der Waals surface area contributed by atoms with Gasteiger partial charge in [-0.05, 0) is 18.2 Å². The molecule has 2 amide bonds. The van der Waals surface area contributed by atoms with Gasteiger partial charge in [0.2, 0.25) is 0 Å². The van der Waals surface area contributed by atoms with Gasteiger partial charge in [0.1, 0.15) is 5.82 Å². The van der Waals surface area contributed by atoms with Crippen molar-refractivity contribution >= 4 is 33.3 Å². The van der Waals surface area contributed by atoms with Gasteiger partial charge in [0, 0.05) is 23.5 Å². The molecule has 0 saturated carbocycles. The minimum Gasteiger partial charge on any atom is -0.347 e. The van der Waals surface area contributed by atoms with Crippen molar-refractivity contribution in [2.75, 3.05) is 5.32 Å². The Kier molecular flexibility index (Phi) is 4.04. The number of aromatic nitrogens is 3. The second kappa shape index (κ2) is 6.00. The number of aromatic amines is 1. The van der Waals surface area contributed by atoms with E-state index in [1.807, 2.05) is 18.2 Å². The first kappa shape index (κ1) is 15.5. The van der Waals surface area contributed by atoms with Crippen LogP contribution in [0.1, 0.15) is 31.6 Å². The van der Waals surface area contributed by atoms with E-state index < -0.39 is 0 Å². The average molecular weight is 329 g/mol. The van der Waals surface area contributed by atoms with Crippen LogP contribution in [0.15, 0.2) is 30.6 Å². The molecule has 0 aliphatic heterocycles. The third kappa shape index (κ3) is 3.68. The van der Waals surface area contributed by atoms with Crippen molar-refractivity contribution in [2.24, 2.45) is 0 Å². The number of H-pyrrole nitrogens is 1. The van der Waals surface area contributed by atoms with Crippen LogP contribution < -0.4 is 10.6 Å². The number of benzene rings is 1. The Bertz CT molecular complexity index is 817. The third-order valence-electron chi connectivity index (χ3n) is 3.26. The number of fused-ring (bicyclic) bond motifs is 1. The molecule has 3 aromatic rings. The van der Waals surface area contributed by atoms with E-state index in [0.717, 1.165) is 20.9 Å². The van der Waals surface area contributed by atoms with Crippen LogP contribution in [0.5, 0.6) is 0 Å². The van der Waals surface area contributed by atoms with Gasteiger partial charge >= 0.3 is 6.03 Å². The fourth-order valence-corrected chi connectivity index (χ4v) is 3.12. The molecule has 23 heavy (non-hydrogen) atoms. The van der Waals surface area contributed by atoms with Crippen LogP contribution in [-0.4, -0.2) is 21.0 Å². The number of rotatable bonds is 3. The largest absolute Gasteiger partial charge is 0.347 e. The zero-order valence-corrected chi connectivity index (χ0v) is 14.1. The van der Waals surface area contributed by atoms with Crippen LogP contribution in [0.25, 0.3) is 10.2 Å². The van der Waals surface area contributed by atoms with Crippen molar-refractivity contribution in [3.63, 3.8) is 0 Å². The van der Waals surface area contributed by atoms with Crippen LogP contribution in [0.2, 0.25) is 0 Å². The Morgan fingerprint density at radius 1 is 1.35 bits per heavy atom. The molecule has 0 fully saturated rings. The molecule has 0 aliphatic rings. The van der Waals surface area contributed by atoms with Crippen molar-refractivity contribution in [1.29, 1.82) is 0 Å². The zero-order valence-electron chi connectivity index (χ0n) is 13.3. The normalized spacial score (nSPS) is 11.6. The number of nitrogens with one attached hydrogen (secondary N) is 3. The topological polar surface area (TPSA) is 82.7 Å². The molecular formula is C16H19N5OS. The molecule has 0 aliphatic carbocycles. The average Bonchev–Trinajstić information content (AvgIpc) is 3.13. The lowest BCUT2D eigenvalue weighted by molar-refractivity contribution is 0.251. The summed E-state index contributed by atoms with van der Waals surface area (Å²) in [4.78, 5) is 23.6. The highest BCUT2D eigenvalue weighted by atomic mass is 32.1. The van der Waals surface area contributed by atoms with Gasteiger partial charge in [-0.2, -0.15) is 0 Å². The molecule has 0 spiro atoms. The van der Waals surface area contributed by atoms with E-state index in [9.17, 15) is 4.79 Å². The fourth-order valence-electron chi connectivity index (χ4n) is 2.06. The van der Waals surface area contributed by atoms with Crippen molar-refractivity contribution in [3.05, 3.63) is 41.4 Å². The maximum absolute atomic E-state index is 11.9.